The average molecular weight is 506 g/mol. The van der Waals surface area contributed by atoms with Gasteiger partial charge in [-0.05, 0) is 19.1 Å². The number of ketones is 2. The molecule has 5 atom stereocenters. The Kier molecular flexibility index (Phi) is 6.82. The summed E-state index contributed by atoms with van der Waals surface area (Å²) in [5.74, 6) is -1.81. The van der Waals surface area contributed by atoms with Crippen molar-refractivity contribution in [1.29, 1.82) is 0 Å². The van der Waals surface area contributed by atoms with E-state index in [0.717, 1.165) is 0 Å². The van der Waals surface area contributed by atoms with Crippen LogP contribution in [0.2, 0.25) is 0 Å². The predicted octanol–water partition coefficient (Wildman–Crippen LogP) is -0.319. The minimum absolute atomic E-state index is 0.0328. The largest absolute Gasteiger partial charge is 0.507 e. The van der Waals surface area contributed by atoms with Crippen molar-refractivity contribution in [2.24, 2.45) is 0 Å². The lowest BCUT2D eigenvalue weighted by Crippen LogP contribution is -2.60. The number of hydrogen-bond donors (Lipinski definition) is 5. The highest BCUT2D eigenvalue weighted by molar-refractivity contribution is 6.31. The van der Waals surface area contributed by atoms with Gasteiger partial charge < -0.3 is 49.2 Å². The van der Waals surface area contributed by atoms with Gasteiger partial charge in [-0.3, -0.25) is 9.59 Å². The summed E-state index contributed by atoms with van der Waals surface area (Å²) >= 11 is 0. The molecule has 2 aliphatic rings. The van der Waals surface area contributed by atoms with Crippen LogP contribution in [0.15, 0.2) is 12.1 Å². The number of carbonyl (C=O) groups excluding carboxylic acids is 2. The van der Waals surface area contributed by atoms with Gasteiger partial charge in [0, 0.05) is 16.7 Å². The summed E-state index contributed by atoms with van der Waals surface area (Å²) < 4.78 is 27.0. The number of benzene rings is 2. The minimum atomic E-state index is -1.72. The molecule has 0 radical (unpaired) electrons. The fourth-order valence-corrected chi connectivity index (χ4v) is 4.40. The van der Waals surface area contributed by atoms with Crippen molar-refractivity contribution in [3.63, 3.8) is 0 Å². The van der Waals surface area contributed by atoms with Gasteiger partial charge >= 0.3 is 0 Å². The highest BCUT2D eigenvalue weighted by Crippen LogP contribution is 2.48. The Morgan fingerprint density at radius 1 is 0.833 bits per heavy atom. The first-order valence-electron chi connectivity index (χ1n) is 10.9. The molecule has 1 saturated heterocycles. The number of aliphatic hydroxyl groups is 4. The van der Waals surface area contributed by atoms with E-state index in [1.54, 1.807) is 0 Å². The number of carbonyl (C=O) groups is 2. The standard InChI is InChI=1S/C24H26O12/c1-8-11(35-24-21(31)20(30)18(28)13(7-25)36-24)5-9-14(16(8)26)19(29)15-10(17(9)27)6-12(32-2)22(33-3)23(15)34-4/h5-6,13,18,20-21,24-26,28,30-31H,7H2,1-4H3. The molecule has 4 rings (SSSR count). The third-order valence-corrected chi connectivity index (χ3v) is 6.37. The van der Waals surface area contributed by atoms with Crippen LogP contribution < -0.4 is 18.9 Å². The third kappa shape index (κ3) is 3.74. The van der Waals surface area contributed by atoms with E-state index in [-0.39, 0.29) is 50.8 Å². The monoisotopic (exact) mass is 506 g/mol. The zero-order chi connectivity index (χ0) is 26.5. The van der Waals surface area contributed by atoms with E-state index in [9.17, 15) is 35.1 Å². The molecular weight excluding hydrogens is 480 g/mol. The predicted molar refractivity (Wildman–Crippen MR) is 120 cm³/mol. The van der Waals surface area contributed by atoms with Gasteiger partial charge in [0.1, 0.15) is 35.9 Å². The van der Waals surface area contributed by atoms with Crippen LogP contribution >= 0.6 is 0 Å². The van der Waals surface area contributed by atoms with E-state index >= 15 is 0 Å². The first-order valence-corrected chi connectivity index (χ1v) is 10.9. The number of ether oxygens (including phenoxy) is 5. The lowest BCUT2D eigenvalue weighted by molar-refractivity contribution is -0.277. The molecule has 2 aromatic carbocycles. The van der Waals surface area contributed by atoms with Crippen LogP contribution in [0.25, 0.3) is 0 Å². The first-order chi connectivity index (χ1) is 17.1. The number of phenols is 1. The summed E-state index contributed by atoms with van der Waals surface area (Å²) in [6, 6.07) is 2.53. The Labute approximate surface area is 205 Å². The quantitative estimate of drug-likeness (QED) is 0.294. The maximum Gasteiger partial charge on any atom is 0.229 e. The van der Waals surface area contributed by atoms with Crippen LogP contribution in [0.3, 0.4) is 0 Å². The molecule has 1 heterocycles. The number of fused-ring (bicyclic) bond motifs is 2. The van der Waals surface area contributed by atoms with Crippen LogP contribution in [0, 0.1) is 6.92 Å². The summed E-state index contributed by atoms with van der Waals surface area (Å²) in [5.41, 5.74) is -0.593. The summed E-state index contributed by atoms with van der Waals surface area (Å²) in [6.07, 6.45) is -7.81. The molecule has 0 aromatic heterocycles. The van der Waals surface area contributed by atoms with Crippen molar-refractivity contribution in [3.05, 3.63) is 39.9 Å². The number of hydrogen-bond acceptors (Lipinski definition) is 12. The number of aliphatic hydroxyl groups excluding tert-OH is 4. The van der Waals surface area contributed by atoms with Crippen LogP contribution in [0.5, 0.6) is 28.7 Å². The van der Waals surface area contributed by atoms with Gasteiger partial charge in [-0.25, -0.2) is 0 Å². The Balaban J connectivity index is 1.82. The lowest BCUT2D eigenvalue weighted by atomic mass is 9.81. The van der Waals surface area contributed by atoms with Crippen LogP contribution in [-0.2, 0) is 4.74 Å². The SMILES string of the molecule is COc1cc2c(c(OC)c1OC)C(=O)c1c(cc(OC3OC(CO)C(O)C(O)C3O)c(C)c1O)C2=O. The Bertz CT molecular complexity index is 1220. The van der Waals surface area contributed by atoms with Gasteiger partial charge in [-0.15, -0.1) is 0 Å². The van der Waals surface area contributed by atoms with Crippen molar-refractivity contribution in [2.75, 3.05) is 27.9 Å². The molecule has 0 bridgehead atoms. The van der Waals surface area contributed by atoms with Crippen molar-refractivity contribution >= 4 is 11.6 Å². The summed E-state index contributed by atoms with van der Waals surface area (Å²) in [7, 11) is 4.00. The summed E-state index contributed by atoms with van der Waals surface area (Å²) in [5, 5.41) is 50.7. The van der Waals surface area contributed by atoms with Crippen molar-refractivity contribution < 1.29 is 58.8 Å². The van der Waals surface area contributed by atoms with Crippen molar-refractivity contribution in [3.8, 4) is 28.7 Å². The lowest BCUT2D eigenvalue weighted by Gasteiger charge is -2.39. The fraction of sp³-hybridized carbons (Fsp3) is 0.417. The molecule has 2 aromatic rings. The van der Waals surface area contributed by atoms with Crippen LogP contribution in [0.4, 0.5) is 0 Å². The van der Waals surface area contributed by atoms with E-state index in [1.807, 2.05) is 0 Å². The molecule has 1 aliphatic carbocycles. The van der Waals surface area contributed by atoms with Gasteiger partial charge in [0.25, 0.3) is 0 Å². The zero-order valence-electron chi connectivity index (χ0n) is 19.8. The second-order valence-electron chi connectivity index (χ2n) is 8.31. The Hall–Kier alpha value is -3.42. The molecule has 12 heteroatoms. The molecule has 1 fully saturated rings. The van der Waals surface area contributed by atoms with Crippen LogP contribution in [-0.4, -0.2) is 95.7 Å². The Morgan fingerprint density at radius 2 is 1.44 bits per heavy atom. The van der Waals surface area contributed by atoms with Gasteiger partial charge in [-0.2, -0.15) is 0 Å². The van der Waals surface area contributed by atoms with E-state index < -0.39 is 54.6 Å². The topological polar surface area (TPSA) is 181 Å². The summed E-state index contributed by atoms with van der Waals surface area (Å²) in [6.45, 7) is 0.740. The molecule has 194 valence electrons. The number of phenolic OH excluding ortho intramolecular Hbond substituents is 1. The van der Waals surface area contributed by atoms with E-state index in [4.69, 9.17) is 23.7 Å². The zero-order valence-corrected chi connectivity index (χ0v) is 19.8. The number of aromatic hydroxyl groups is 1. The van der Waals surface area contributed by atoms with Gasteiger partial charge in [-0.1, -0.05) is 0 Å². The maximum absolute atomic E-state index is 13.5. The molecule has 0 spiro atoms. The van der Waals surface area contributed by atoms with E-state index in [2.05, 4.69) is 0 Å². The normalized spacial score (nSPS) is 25.2. The highest BCUT2D eigenvalue weighted by atomic mass is 16.7. The van der Waals surface area contributed by atoms with Gasteiger partial charge in [0.15, 0.2) is 17.3 Å². The Morgan fingerprint density at radius 3 is 2.03 bits per heavy atom. The molecule has 0 amide bonds. The molecule has 5 unspecified atom stereocenters. The molecule has 5 N–H and O–H groups in total. The molecular formula is C24H26O12. The molecule has 36 heavy (non-hydrogen) atoms. The van der Waals surface area contributed by atoms with Crippen molar-refractivity contribution in [1.82, 2.24) is 0 Å². The average Bonchev–Trinajstić information content (AvgIpc) is 2.88. The second-order valence-corrected chi connectivity index (χ2v) is 8.31. The fourth-order valence-electron chi connectivity index (χ4n) is 4.40. The second kappa shape index (κ2) is 9.56. The van der Waals surface area contributed by atoms with Crippen molar-refractivity contribution in [2.45, 2.75) is 37.6 Å². The third-order valence-electron chi connectivity index (χ3n) is 6.37. The molecule has 1 aliphatic heterocycles. The van der Waals surface area contributed by atoms with Crippen LogP contribution in [0.1, 0.15) is 37.4 Å². The number of rotatable bonds is 6. The van der Waals surface area contributed by atoms with Gasteiger partial charge in [0.2, 0.25) is 17.8 Å². The first kappa shape index (κ1) is 25.7. The molecule has 12 nitrogen and oxygen atoms in total. The minimum Gasteiger partial charge on any atom is -0.507 e. The maximum atomic E-state index is 13.5. The van der Waals surface area contributed by atoms with Gasteiger partial charge in [0.05, 0.1) is 39.1 Å². The number of methoxy groups -OCH3 is 3. The molecule has 0 saturated carbocycles. The van der Waals surface area contributed by atoms with E-state index in [1.165, 1.54) is 40.4 Å². The smallest absolute Gasteiger partial charge is 0.229 e. The van der Waals surface area contributed by atoms with E-state index in [0.29, 0.717) is 0 Å². The highest BCUT2D eigenvalue weighted by Gasteiger charge is 2.45. The summed E-state index contributed by atoms with van der Waals surface area (Å²) in [4.78, 5) is 27.0.